The second kappa shape index (κ2) is 7.35. The highest BCUT2D eigenvalue weighted by molar-refractivity contribution is 8.13. The quantitative estimate of drug-likeness (QED) is 0.789. The highest BCUT2D eigenvalue weighted by atomic mass is 35.7. The van der Waals surface area contributed by atoms with Crippen LogP contribution in [0.4, 0.5) is 10.5 Å². The molecule has 20 heavy (non-hydrogen) atoms. The van der Waals surface area contributed by atoms with Gasteiger partial charge < -0.3 is 15.4 Å². The second-order valence-corrected chi connectivity index (χ2v) is 6.48. The van der Waals surface area contributed by atoms with Gasteiger partial charge in [0.1, 0.15) is 5.75 Å². The van der Waals surface area contributed by atoms with Crippen LogP contribution in [0, 0.1) is 0 Å². The van der Waals surface area contributed by atoms with E-state index in [1.54, 1.807) is 6.92 Å². The Hall–Kier alpha value is -1.47. The summed E-state index contributed by atoms with van der Waals surface area (Å²) in [6.07, 6.45) is 0.793. The Morgan fingerprint density at radius 1 is 1.35 bits per heavy atom. The van der Waals surface area contributed by atoms with Crippen molar-refractivity contribution in [2.24, 2.45) is 0 Å². The predicted molar refractivity (Wildman–Crippen MR) is 78.0 cm³/mol. The van der Waals surface area contributed by atoms with Gasteiger partial charge in [0, 0.05) is 17.2 Å². The number of urea groups is 1. The van der Waals surface area contributed by atoms with Crippen LogP contribution in [0.1, 0.15) is 20.3 Å². The number of carbonyl (C=O) groups is 1. The number of anilines is 1. The third-order valence-electron chi connectivity index (χ3n) is 2.32. The summed E-state index contributed by atoms with van der Waals surface area (Å²) in [6, 6.07) is 3.60. The van der Waals surface area contributed by atoms with Gasteiger partial charge in [-0.2, -0.15) is 0 Å². The van der Waals surface area contributed by atoms with E-state index in [2.05, 4.69) is 10.6 Å². The molecule has 0 heterocycles. The molecule has 6 nitrogen and oxygen atoms in total. The Labute approximate surface area is 122 Å². The molecule has 0 aliphatic carbocycles. The van der Waals surface area contributed by atoms with Gasteiger partial charge in [0.15, 0.2) is 0 Å². The zero-order chi connectivity index (χ0) is 15.2. The van der Waals surface area contributed by atoms with Crippen LogP contribution in [0.15, 0.2) is 23.1 Å². The summed E-state index contributed by atoms with van der Waals surface area (Å²) < 4.78 is 27.9. The molecule has 2 amide bonds. The van der Waals surface area contributed by atoms with Crippen molar-refractivity contribution >= 4 is 31.5 Å². The first-order valence-electron chi connectivity index (χ1n) is 6.14. The van der Waals surface area contributed by atoms with Crippen molar-refractivity contribution < 1.29 is 17.9 Å². The van der Waals surface area contributed by atoms with Crippen molar-refractivity contribution in [1.82, 2.24) is 5.32 Å². The summed E-state index contributed by atoms with van der Waals surface area (Å²) in [5.41, 5.74) is 0.252. The molecule has 0 spiro atoms. The number of carbonyl (C=O) groups excluding carboxylic acids is 1. The number of halogens is 1. The van der Waals surface area contributed by atoms with Gasteiger partial charge in [0.05, 0.1) is 17.2 Å². The van der Waals surface area contributed by atoms with Crippen molar-refractivity contribution in [3.63, 3.8) is 0 Å². The number of amides is 2. The van der Waals surface area contributed by atoms with E-state index in [4.69, 9.17) is 15.4 Å². The monoisotopic (exact) mass is 320 g/mol. The predicted octanol–water partition coefficient (Wildman–Crippen LogP) is 2.54. The average molecular weight is 321 g/mol. The third kappa shape index (κ3) is 4.90. The van der Waals surface area contributed by atoms with E-state index < -0.39 is 15.1 Å². The lowest BCUT2D eigenvalue weighted by molar-refractivity contribution is 0.252. The molecule has 0 aromatic heterocycles. The number of hydrogen-bond acceptors (Lipinski definition) is 4. The largest absolute Gasteiger partial charge is 0.492 e. The molecule has 0 atom stereocenters. The summed E-state index contributed by atoms with van der Waals surface area (Å²) in [5.74, 6) is 0.378. The molecule has 1 aromatic rings. The van der Waals surface area contributed by atoms with Gasteiger partial charge in [-0.25, -0.2) is 13.2 Å². The summed E-state index contributed by atoms with van der Waals surface area (Å²) in [6.45, 7) is 4.61. The molecule has 0 saturated carbocycles. The van der Waals surface area contributed by atoms with E-state index in [-0.39, 0.29) is 10.6 Å². The minimum atomic E-state index is -3.86. The topological polar surface area (TPSA) is 84.5 Å². The Bertz CT molecular complexity index is 575. The average Bonchev–Trinajstić information content (AvgIpc) is 2.37. The number of hydrogen-bond donors (Lipinski definition) is 2. The fraction of sp³-hybridized carbons (Fsp3) is 0.417. The fourth-order valence-corrected chi connectivity index (χ4v) is 2.22. The van der Waals surface area contributed by atoms with Crippen molar-refractivity contribution in [2.75, 3.05) is 18.5 Å². The Morgan fingerprint density at radius 2 is 2.05 bits per heavy atom. The van der Waals surface area contributed by atoms with Gasteiger partial charge in [0.2, 0.25) is 0 Å². The van der Waals surface area contributed by atoms with Crippen LogP contribution in [0.25, 0.3) is 0 Å². The number of rotatable bonds is 6. The molecule has 1 aromatic carbocycles. The van der Waals surface area contributed by atoms with Crippen LogP contribution < -0.4 is 15.4 Å². The molecular formula is C12H17ClN2O4S. The lowest BCUT2D eigenvalue weighted by Crippen LogP contribution is -2.29. The van der Waals surface area contributed by atoms with Crippen molar-refractivity contribution in [3.8, 4) is 5.75 Å². The molecule has 0 saturated heterocycles. The highest BCUT2D eigenvalue weighted by Gasteiger charge is 2.15. The number of nitrogens with one attached hydrogen (secondary N) is 2. The van der Waals surface area contributed by atoms with E-state index in [0.717, 1.165) is 6.42 Å². The maximum atomic E-state index is 11.6. The molecule has 0 bridgehead atoms. The third-order valence-corrected chi connectivity index (χ3v) is 3.67. The highest BCUT2D eigenvalue weighted by Crippen LogP contribution is 2.29. The van der Waals surface area contributed by atoms with Crippen LogP contribution in [-0.4, -0.2) is 27.6 Å². The first kappa shape index (κ1) is 16.6. The van der Waals surface area contributed by atoms with Crippen LogP contribution in [0.3, 0.4) is 0 Å². The Balaban J connectivity index is 3.03. The molecule has 8 heteroatoms. The number of benzene rings is 1. The van der Waals surface area contributed by atoms with Gasteiger partial charge in [-0.1, -0.05) is 6.92 Å². The second-order valence-electron chi connectivity index (χ2n) is 3.91. The lowest BCUT2D eigenvalue weighted by Gasteiger charge is -2.13. The standard InChI is InChI=1S/C12H17ClN2O4S/c1-3-7-14-12(16)15-10-8-9(20(13,17)18)5-6-11(10)19-4-2/h5-6,8H,3-4,7H2,1-2H3,(H2,14,15,16). The van der Waals surface area contributed by atoms with Crippen LogP contribution in [0.2, 0.25) is 0 Å². The maximum absolute atomic E-state index is 11.6. The normalized spacial score (nSPS) is 10.9. The Morgan fingerprint density at radius 3 is 2.60 bits per heavy atom. The van der Waals surface area contributed by atoms with E-state index in [9.17, 15) is 13.2 Å². The zero-order valence-electron chi connectivity index (χ0n) is 11.3. The lowest BCUT2D eigenvalue weighted by atomic mass is 10.3. The van der Waals surface area contributed by atoms with Gasteiger partial charge >= 0.3 is 6.03 Å². The summed E-state index contributed by atoms with van der Waals surface area (Å²) in [4.78, 5) is 11.5. The molecule has 2 N–H and O–H groups in total. The summed E-state index contributed by atoms with van der Waals surface area (Å²) in [7, 11) is 1.42. The van der Waals surface area contributed by atoms with Crippen molar-refractivity contribution in [1.29, 1.82) is 0 Å². The molecular weight excluding hydrogens is 304 g/mol. The SMILES string of the molecule is CCCNC(=O)Nc1cc(S(=O)(=O)Cl)ccc1OCC. The van der Waals surface area contributed by atoms with E-state index in [1.165, 1.54) is 18.2 Å². The van der Waals surface area contributed by atoms with Crippen LogP contribution >= 0.6 is 10.7 Å². The summed E-state index contributed by atoms with van der Waals surface area (Å²) in [5, 5.41) is 5.16. The minimum Gasteiger partial charge on any atom is -0.492 e. The summed E-state index contributed by atoms with van der Waals surface area (Å²) >= 11 is 0. The Kier molecular flexibility index (Phi) is 6.09. The minimum absolute atomic E-state index is 0.103. The molecule has 0 aliphatic rings. The van der Waals surface area contributed by atoms with Crippen molar-refractivity contribution in [3.05, 3.63) is 18.2 Å². The van der Waals surface area contributed by atoms with Gasteiger partial charge in [-0.15, -0.1) is 0 Å². The first-order chi connectivity index (χ1) is 9.38. The molecule has 0 radical (unpaired) electrons. The molecule has 0 fully saturated rings. The molecule has 0 aliphatic heterocycles. The van der Waals surface area contributed by atoms with Gasteiger partial charge in [0.25, 0.3) is 9.05 Å². The molecule has 112 valence electrons. The number of ether oxygens (including phenoxy) is 1. The van der Waals surface area contributed by atoms with E-state index in [1.807, 2.05) is 6.92 Å². The fourth-order valence-electron chi connectivity index (χ4n) is 1.44. The smallest absolute Gasteiger partial charge is 0.319 e. The molecule has 0 unspecified atom stereocenters. The van der Waals surface area contributed by atoms with Crippen molar-refractivity contribution in [2.45, 2.75) is 25.2 Å². The maximum Gasteiger partial charge on any atom is 0.319 e. The first-order valence-corrected chi connectivity index (χ1v) is 8.45. The van der Waals surface area contributed by atoms with Crippen LogP contribution in [0.5, 0.6) is 5.75 Å². The van der Waals surface area contributed by atoms with E-state index >= 15 is 0 Å². The van der Waals surface area contributed by atoms with Crippen LogP contribution in [-0.2, 0) is 9.05 Å². The zero-order valence-corrected chi connectivity index (χ0v) is 12.8. The van der Waals surface area contributed by atoms with E-state index in [0.29, 0.717) is 18.9 Å². The van der Waals surface area contributed by atoms with Gasteiger partial charge in [-0.3, -0.25) is 0 Å². The van der Waals surface area contributed by atoms with Gasteiger partial charge in [-0.05, 0) is 31.5 Å². The molecule has 1 rings (SSSR count).